The average molecular weight is 420 g/mol. The molecule has 0 aliphatic rings. The maximum Gasteiger partial charge on any atom is 0.255 e. The number of fused-ring (bicyclic) bond motifs is 1. The number of carbonyl (C=O) groups excluding carboxylic acids is 1. The summed E-state index contributed by atoms with van der Waals surface area (Å²) in [6.45, 7) is 3.80. The summed E-state index contributed by atoms with van der Waals surface area (Å²) in [5.41, 5.74) is 5.46. The topological polar surface area (TPSA) is 80.5 Å². The maximum absolute atomic E-state index is 12.7. The van der Waals surface area contributed by atoms with E-state index in [2.05, 4.69) is 10.3 Å². The summed E-state index contributed by atoms with van der Waals surface area (Å²) in [7, 11) is -3.39. The molecule has 6 nitrogen and oxygen atoms in total. The van der Waals surface area contributed by atoms with Gasteiger partial charge in [-0.05, 0) is 61.4 Å². The zero-order valence-electron chi connectivity index (χ0n) is 16.9. The Morgan fingerprint density at radius 1 is 1.00 bits per heavy atom. The number of hydrogen-bond donors (Lipinski definition) is 1. The number of hydrogen-bond acceptors (Lipinski definition) is 4. The van der Waals surface area contributed by atoms with Crippen molar-refractivity contribution in [2.75, 3.05) is 11.6 Å². The number of amides is 1. The van der Waals surface area contributed by atoms with Gasteiger partial charge in [-0.15, -0.1) is 0 Å². The molecule has 0 saturated heterocycles. The third-order valence-electron chi connectivity index (χ3n) is 4.94. The largest absolute Gasteiger partial charge is 0.322 e. The van der Waals surface area contributed by atoms with Crippen LogP contribution in [0.5, 0.6) is 0 Å². The van der Waals surface area contributed by atoms with Crippen LogP contribution < -0.4 is 5.32 Å². The molecule has 4 rings (SSSR count). The van der Waals surface area contributed by atoms with Gasteiger partial charge in [-0.2, -0.15) is 0 Å². The molecule has 1 N–H and O–H groups in total. The third kappa shape index (κ3) is 3.97. The van der Waals surface area contributed by atoms with Crippen LogP contribution in [0.4, 0.5) is 5.69 Å². The highest BCUT2D eigenvalue weighted by atomic mass is 32.2. The Labute approximate surface area is 175 Å². The van der Waals surface area contributed by atoms with Gasteiger partial charge in [0, 0.05) is 35.5 Å². The molecular formula is C23H21N3O3S. The van der Waals surface area contributed by atoms with Crippen LogP contribution in [0.25, 0.3) is 16.9 Å². The summed E-state index contributed by atoms with van der Waals surface area (Å²) >= 11 is 0. The van der Waals surface area contributed by atoms with Crippen LogP contribution in [-0.4, -0.2) is 30.0 Å². The highest BCUT2D eigenvalue weighted by Gasteiger charge is 2.15. The monoisotopic (exact) mass is 419 g/mol. The first kappa shape index (κ1) is 19.8. The predicted octanol–water partition coefficient (Wildman–Crippen LogP) is 4.27. The van der Waals surface area contributed by atoms with Gasteiger partial charge < -0.3 is 9.72 Å². The molecule has 0 bridgehead atoms. The lowest BCUT2D eigenvalue weighted by atomic mass is 10.1. The molecular weight excluding hydrogens is 398 g/mol. The SMILES string of the molecule is Cc1ccn2cc(-c3ccc(NC(=O)c4cc(S(C)(=O)=O)ccc4C)cc3)nc2c1. The van der Waals surface area contributed by atoms with Crippen LogP contribution >= 0.6 is 0 Å². The Morgan fingerprint density at radius 2 is 1.73 bits per heavy atom. The fourth-order valence-electron chi connectivity index (χ4n) is 3.22. The number of aromatic nitrogens is 2. The van der Waals surface area contributed by atoms with Crippen molar-refractivity contribution in [2.45, 2.75) is 18.7 Å². The van der Waals surface area contributed by atoms with Gasteiger partial charge in [-0.1, -0.05) is 18.2 Å². The average Bonchev–Trinajstić information content (AvgIpc) is 3.11. The number of anilines is 1. The summed E-state index contributed by atoms with van der Waals surface area (Å²) in [6, 6.07) is 16.0. The zero-order chi connectivity index (χ0) is 21.5. The van der Waals surface area contributed by atoms with Gasteiger partial charge in [0.05, 0.1) is 10.6 Å². The summed E-state index contributed by atoms with van der Waals surface area (Å²) < 4.78 is 25.6. The molecule has 0 atom stereocenters. The molecule has 0 radical (unpaired) electrons. The summed E-state index contributed by atoms with van der Waals surface area (Å²) in [5, 5.41) is 2.83. The number of imidazole rings is 1. The summed E-state index contributed by atoms with van der Waals surface area (Å²) in [5.74, 6) is -0.353. The molecule has 2 aromatic heterocycles. The lowest BCUT2D eigenvalue weighted by Gasteiger charge is -2.10. The van der Waals surface area contributed by atoms with Crippen LogP contribution in [-0.2, 0) is 9.84 Å². The van der Waals surface area contributed by atoms with Crippen LogP contribution in [0.15, 0.2) is 71.9 Å². The van der Waals surface area contributed by atoms with E-state index in [-0.39, 0.29) is 10.8 Å². The van der Waals surface area contributed by atoms with Crippen molar-refractivity contribution < 1.29 is 13.2 Å². The summed E-state index contributed by atoms with van der Waals surface area (Å²) in [6.07, 6.45) is 5.06. The van der Waals surface area contributed by atoms with Crippen molar-refractivity contribution in [3.8, 4) is 11.3 Å². The van der Waals surface area contributed by atoms with Crippen LogP contribution in [0.1, 0.15) is 21.5 Å². The molecule has 0 spiro atoms. The second-order valence-corrected chi connectivity index (χ2v) is 9.39. The molecule has 30 heavy (non-hydrogen) atoms. The first-order chi connectivity index (χ1) is 14.2. The molecule has 1 amide bonds. The normalized spacial score (nSPS) is 11.6. The lowest BCUT2D eigenvalue weighted by molar-refractivity contribution is 0.102. The van der Waals surface area contributed by atoms with Crippen molar-refractivity contribution in [3.63, 3.8) is 0 Å². The lowest BCUT2D eigenvalue weighted by Crippen LogP contribution is -2.14. The molecule has 2 heterocycles. The Morgan fingerprint density at radius 3 is 2.43 bits per heavy atom. The first-order valence-electron chi connectivity index (χ1n) is 9.38. The van der Waals surface area contributed by atoms with E-state index < -0.39 is 9.84 Å². The van der Waals surface area contributed by atoms with Crippen LogP contribution in [0.2, 0.25) is 0 Å². The van der Waals surface area contributed by atoms with Gasteiger partial charge in [-0.25, -0.2) is 13.4 Å². The van der Waals surface area contributed by atoms with Gasteiger partial charge in [0.1, 0.15) is 5.65 Å². The Balaban J connectivity index is 1.57. The summed E-state index contributed by atoms with van der Waals surface area (Å²) in [4.78, 5) is 17.5. The minimum atomic E-state index is -3.39. The fourth-order valence-corrected chi connectivity index (χ4v) is 3.87. The van der Waals surface area contributed by atoms with E-state index in [1.54, 1.807) is 25.1 Å². The van der Waals surface area contributed by atoms with Gasteiger partial charge in [-0.3, -0.25) is 4.79 Å². The standard InChI is InChI=1S/C23H21N3O3S/c1-15-10-11-26-14-21(25-22(26)12-15)17-5-7-18(8-6-17)24-23(27)20-13-19(30(3,28)29)9-4-16(20)2/h4-14H,1-3H3,(H,24,27). The first-order valence-corrected chi connectivity index (χ1v) is 11.3. The third-order valence-corrected chi connectivity index (χ3v) is 6.05. The molecule has 4 aromatic rings. The Bertz CT molecular complexity index is 1370. The highest BCUT2D eigenvalue weighted by molar-refractivity contribution is 7.90. The van der Waals surface area contributed by atoms with Crippen molar-refractivity contribution in [3.05, 3.63) is 83.7 Å². The Kier molecular flexibility index (Phi) is 4.91. The van der Waals surface area contributed by atoms with E-state index >= 15 is 0 Å². The second-order valence-electron chi connectivity index (χ2n) is 7.38. The molecule has 0 fully saturated rings. The van der Waals surface area contributed by atoms with E-state index in [9.17, 15) is 13.2 Å². The maximum atomic E-state index is 12.7. The highest BCUT2D eigenvalue weighted by Crippen LogP contribution is 2.23. The molecule has 0 aliphatic carbocycles. The van der Waals surface area contributed by atoms with Crippen molar-refractivity contribution in [1.82, 2.24) is 9.38 Å². The number of nitrogens with one attached hydrogen (secondary N) is 1. The number of aryl methyl sites for hydroxylation is 2. The number of rotatable bonds is 4. The van der Waals surface area contributed by atoms with Crippen LogP contribution in [0.3, 0.4) is 0 Å². The van der Waals surface area contributed by atoms with Crippen molar-refractivity contribution in [2.24, 2.45) is 0 Å². The van der Waals surface area contributed by atoms with E-state index in [1.807, 2.05) is 48.0 Å². The number of carbonyl (C=O) groups is 1. The van der Waals surface area contributed by atoms with Gasteiger partial charge >= 0.3 is 0 Å². The minimum Gasteiger partial charge on any atom is -0.322 e. The molecule has 0 unspecified atom stereocenters. The number of nitrogens with zero attached hydrogens (tertiary/aromatic N) is 2. The molecule has 0 saturated carbocycles. The smallest absolute Gasteiger partial charge is 0.255 e. The van der Waals surface area contributed by atoms with E-state index in [4.69, 9.17) is 0 Å². The van der Waals surface area contributed by atoms with E-state index in [0.717, 1.165) is 28.7 Å². The van der Waals surface area contributed by atoms with Crippen LogP contribution in [0, 0.1) is 13.8 Å². The zero-order valence-corrected chi connectivity index (χ0v) is 17.7. The van der Waals surface area contributed by atoms with E-state index in [0.29, 0.717) is 16.8 Å². The number of pyridine rings is 1. The number of sulfone groups is 1. The molecule has 152 valence electrons. The van der Waals surface area contributed by atoms with Gasteiger partial charge in [0.15, 0.2) is 9.84 Å². The van der Waals surface area contributed by atoms with Gasteiger partial charge in [0.2, 0.25) is 0 Å². The Hall–Kier alpha value is -3.45. The van der Waals surface area contributed by atoms with Gasteiger partial charge in [0.25, 0.3) is 5.91 Å². The molecule has 0 aliphatic heterocycles. The van der Waals surface area contributed by atoms with Crippen molar-refractivity contribution >= 4 is 27.1 Å². The fraction of sp³-hybridized carbons (Fsp3) is 0.130. The predicted molar refractivity (Wildman–Crippen MR) is 118 cm³/mol. The van der Waals surface area contributed by atoms with Crippen molar-refractivity contribution in [1.29, 1.82) is 0 Å². The quantitative estimate of drug-likeness (QED) is 0.536. The molecule has 2 aromatic carbocycles. The second kappa shape index (κ2) is 7.42. The molecule has 7 heteroatoms. The minimum absolute atomic E-state index is 0.121. The van der Waals surface area contributed by atoms with E-state index in [1.165, 1.54) is 12.1 Å². The number of benzene rings is 2.